The summed E-state index contributed by atoms with van der Waals surface area (Å²) in [6, 6.07) is 0. The molecule has 58 valence electrons. The van der Waals surface area contributed by atoms with Crippen LogP contribution in [-0.4, -0.2) is 24.3 Å². The van der Waals surface area contributed by atoms with Crippen LogP contribution >= 0.6 is 0 Å². The smallest absolute Gasteiger partial charge is 0.306 e. The van der Waals surface area contributed by atoms with E-state index in [1.165, 1.54) is 0 Å². The van der Waals surface area contributed by atoms with E-state index < -0.39 is 5.97 Å². The van der Waals surface area contributed by atoms with Crippen molar-refractivity contribution in [1.82, 2.24) is 0 Å². The van der Waals surface area contributed by atoms with Gasteiger partial charge in [-0.15, -0.1) is 0 Å². The molecule has 0 aromatic carbocycles. The number of hydrogen-bond acceptors (Lipinski definition) is 2. The van der Waals surface area contributed by atoms with E-state index in [1.54, 1.807) is 0 Å². The molecule has 3 heteroatoms. The van der Waals surface area contributed by atoms with Gasteiger partial charge in [0.15, 0.2) is 0 Å². The predicted molar refractivity (Wildman–Crippen MR) is 35.7 cm³/mol. The van der Waals surface area contributed by atoms with Crippen molar-refractivity contribution < 1.29 is 14.6 Å². The van der Waals surface area contributed by atoms with Gasteiger partial charge in [0.25, 0.3) is 0 Å². The summed E-state index contributed by atoms with van der Waals surface area (Å²) in [6.45, 7) is 3.11. The van der Waals surface area contributed by atoms with Crippen molar-refractivity contribution in [3.63, 3.8) is 0 Å². The van der Waals surface area contributed by atoms with Crippen molar-refractivity contribution in [3.05, 3.63) is 0 Å². The third kappa shape index (κ3) is 1.48. The standard InChI is InChI=1S/C7H12O3/c1-5-4-10-3-2-6(5)7(8)9/h5-6H,2-4H2,1H3,(H,8,9). The molecule has 10 heavy (non-hydrogen) atoms. The Bertz CT molecular complexity index is 133. The maximum atomic E-state index is 10.5. The molecular formula is C7H12O3. The highest BCUT2D eigenvalue weighted by atomic mass is 16.5. The third-order valence-electron chi connectivity index (χ3n) is 1.96. The maximum Gasteiger partial charge on any atom is 0.306 e. The van der Waals surface area contributed by atoms with E-state index in [2.05, 4.69) is 0 Å². The Balaban J connectivity index is 2.47. The molecule has 1 fully saturated rings. The number of carbonyl (C=O) groups is 1. The highest BCUT2D eigenvalue weighted by molar-refractivity contribution is 5.70. The molecule has 2 unspecified atom stereocenters. The molecule has 1 N–H and O–H groups in total. The first-order valence-electron chi connectivity index (χ1n) is 3.52. The van der Waals surface area contributed by atoms with Crippen LogP contribution < -0.4 is 0 Å². The van der Waals surface area contributed by atoms with Crippen molar-refractivity contribution in [2.45, 2.75) is 13.3 Å². The number of hydrogen-bond donors (Lipinski definition) is 1. The van der Waals surface area contributed by atoms with Crippen LogP contribution in [0.3, 0.4) is 0 Å². The molecule has 0 aromatic heterocycles. The van der Waals surface area contributed by atoms with E-state index in [9.17, 15) is 4.79 Å². The lowest BCUT2D eigenvalue weighted by Crippen LogP contribution is -2.30. The molecule has 0 amide bonds. The first-order chi connectivity index (χ1) is 4.72. The monoisotopic (exact) mass is 144 g/mol. The topological polar surface area (TPSA) is 46.5 Å². The zero-order valence-corrected chi connectivity index (χ0v) is 6.04. The van der Waals surface area contributed by atoms with E-state index in [0.29, 0.717) is 19.6 Å². The predicted octanol–water partition coefficient (Wildman–Crippen LogP) is 0.744. The van der Waals surface area contributed by atoms with Gasteiger partial charge in [-0.1, -0.05) is 6.92 Å². The highest BCUT2D eigenvalue weighted by Gasteiger charge is 2.27. The minimum atomic E-state index is -0.684. The largest absolute Gasteiger partial charge is 0.481 e. The SMILES string of the molecule is CC1COCCC1C(=O)O. The lowest BCUT2D eigenvalue weighted by molar-refractivity contribution is -0.147. The molecule has 0 aromatic rings. The minimum absolute atomic E-state index is 0.172. The molecule has 0 saturated carbocycles. The molecule has 1 saturated heterocycles. The van der Waals surface area contributed by atoms with Gasteiger partial charge in [-0.25, -0.2) is 0 Å². The molecule has 0 aliphatic carbocycles. The molecule has 0 spiro atoms. The summed E-state index contributed by atoms with van der Waals surface area (Å²) in [6.07, 6.45) is 0.663. The van der Waals surface area contributed by atoms with Crippen molar-refractivity contribution in [3.8, 4) is 0 Å². The first-order valence-corrected chi connectivity index (χ1v) is 3.52. The average Bonchev–Trinajstić information content (AvgIpc) is 1.88. The number of aliphatic carboxylic acids is 1. The number of ether oxygens (including phenoxy) is 1. The van der Waals surface area contributed by atoms with Crippen LogP contribution in [0.25, 0.3) is 0 Å². The fourth-order valence-electron chi connectivity index (χ4n) is 1.25. The summed E-state index contributed by atoms with van der Waals surface area (Å²) in [5, 5.41) is 8.65. The van der Waals surface area contributed by atoms with E-state index >= 15 is 0 Å². The second-order valence-corrected chi connectivity index (χ2v) is 2.79. The van der Waals surface area contributed by atoms with Gasteiger partial charge in [0.2, 0.25) is 0 Å². The van der Waals surface area contributed by atoms with Gasteiger partial charge in [-0.2, -0.15) is 0 Å². The average molecular weight is 144 g/mol. The Kier molecular flexibility index (Phi) is 2.27. The van der Waals surface area contributed by atoms with Crippen molar-refractivity contribution in [2.24, 2.45) is 11.8 Å². The minimum Gasteiger partial charge on any atom is -0.481 e. The van der Waals surface area contributed by atoms with Gasteiger partial charge in [0, 0.05) is 13.2 Å². The summed E-state index contributed by atoms with van der Waals surface area (Å²) in [5.41, 5.74) is 0. The zero-order chi connectivity index (χ0) is 7.56. The fraction of sp³-hybridized carbons (Fsp3) is 0.857. The first kappa shape index (κ1) is 7.54. The van der Waals surface area contributed by atoms with Crippen LogP contribution in [0.4, 0.5) is 0 Å². The van der Waals surface area contributed by atoms with E-state index in [-0.39, 0.29) is 11.8 Å². The molecule has 1 aliphatic heterocycles. The van der Waals surface area contributed by atoms with Gasteiger partial charge < -0.3 is 9.84 Å². The lowest BCUT2D eigenvalue weighted by atomic mass is 9.90. The molecular weight excluding hydrogens is 132 g/mol. The summed E-state index contributed by atoms with van der Waals surface area (Å²) >= 11 is 0. The van der Waals surface area contributed by atoms with E-state index in [4.69, 9.17) is 9.84 Å². The Labute approximate surface area is 60.0 Å². The van der Waals surface area contributed by atoms with E-state index in [1.807, 2.05) is 6.92 Å². The fourth-order valence-corrected chi connectivity index (χ4v) is 1.25. The van der Waals surface area contributed by atoms with Crippen LogP contribution in [0.1, 0.15) is 13.3 Å². The normalized spacial score (nSPS) is 33.7. The molecule has 3 nitrogen and oxygen atoms in total. The second-order valence-electron chi connectivity index (χ2n) is 2.79. The van der Waals surface area contributed by atoms with Crippen LogP contribution in [-0.2, 0) is 9.53 Å². The molecule has 0 radical (unpaired) electrons. The Morgan fingerprint density at radius 3 is 2.80 bits per heavy atom. The molecule has 1 rings (SSSR count). The number of carboxylic acids is 1. The molecule has 1 aliphatic rings. The Hall–Kier alpha value is -0.570. The summed E-state index contributed by atoms with van der Waals surface area (Å²) in [4.78, 5) is 10.5. The van der Waals surface area contributed by atoms with Crippen molar-refractivity contribution >= 4 is 5.97 Å². The molecule has 1 heterocycles. The summed E-state index contributed by atoms with van der Waals surface area (Å²) in [7, 11) is 0. The highest BCUT2D eigenvalue weighted by Crippen LogP contribution is 2.20. The van der Waals surface area contributed by atoms with Crippen molar-refractivity contribution in [1.29, 1.82) is 0 Å². The quantitative estimate of drug-likeness (QED) is 0.590. The Morgan fingerprint density at radius 2 is 2.40 bits per heavy atom. The number of carboxylic acid groups (broad SMARTS) is 1. The zero-order valence-electron chi connectivity index (χ0n) is 6.04. The van der Waals surface area contributed by atoms with Gasteiger partial charge in [0.1, 0.15) is 0 Å². The second kappa shape index (κ2) is 3.01. The van der Waals surface area contributed by atoms with Crippen molar-refractivity contribution in [2.75, 3.05) is 13.2 Å². The van der Waals surface area contributed by atoms with Crippen LogP contribution in [0.5, 0.6) is 0 Å². The summed E-state index contributed by atoms with van der Waals surface area (Å²) in [5.74, 6) is -0.698. The Morgan fingerprint density at radius 1 is 1.70 bits per heavy atom. The van der Waals surface area contributed by atoms with Crippen LogP contribution in [0.2, 0.25) is 0 Å². The van der Waals surface area contributed by atoms with Gasteiger partial charge in [-0.05, 0) is 12.3 Å². The third-order valence-corrected chi connectivity index (χ3v) is 1.96. The van der Waals surface area contributed by atoms with Crippen LogP contribution in [0.15, 0.2) is 0 Å². The molecule has 0 bridgehead atoms. The van der Waals surface area contributed by atoms with Gasteiger partial charge in [0.05, 0.1) is 5.92 Å². The summed E-state index contributed by atoms with van der Waals surface area (Å²) < 4.78 is 5.10. The number of rotatable bonds is 1. The lowest BCUT2D eigenvalue weighted by Gasteiger charge is -2.24. The molecule has 2 atom stereocenters. The van der Waals surface area contributed by atoms with Crippen LogP contribution in [0, 0.1) is 11.8 Å². The van der Waals surface area contributed by atoms with E-state index in [0.717, 1.165) is 0 Å². The maximum absolute atomic E-state index is 10.5. The van der Waals surface area contributed by atoms with Gasteiger partial charge in [-0.3, -0.25) is 4.79 Å². The van der Waals surface area contributed by atoms with Gasteiger partial charge >= 0.3 is 5.97 Å².